The summed E-state index contributed by atoms with van der Waals surface area (Å²) in [4.78, 5) is 15.3. The van der Waals surface area contributed by atoms with Gasteiger partial charge in [-0.2, -0.15) is 0 Å². The summed E-state index contributed by atoms with van der Waals surface area (Å²) in [5.74, 6) is 1.48. The van der Waals surface area contributed by atoms with E-state index in [9.17, 15) is 4.79 Å². The average Bonchev–Trinajstić information content (AvgIpc) is 3.10. The molecule has 0 bridgehead atoms. The zero-order chi connectivity index (χ0) is 18.5. The third kappa shape index (κ3) is 3.77. The van der Waals surface area contributed by atoms with E-state index < -0.39 is 5.91 Å². The van der Waals surface area contributed by atoms with E-state index in [0.29, 0.717) is 22.5 Å². The third-order valence-corrected chi connectivity index (χ3v) is 4.44. The Hall–Kier alpha value is -3.07. The van der Waals surface area contributed by atoms with Gasteiger partial charge in [-0.15, -0.1) is 10.2 Å². The zero-order valence-electron chi connectivity index (χ0n) is 14.2. The van der Waals surface area contributed by atoms with Crippen molar-refractivity contribution in [1.82, 2.24) is 19.7 Å². The predicted molar refractivity (Wildman–Crippen MR) is 97.6 cm³/mol. The van der Waals surface area contributed by atoms with Gasteiger partial charge in [0.05, 0.1) is 25.7 Å². The van der Waals surface area contributed by atoms with E-state index in [1.807, 2.05) is 28.8 Å². The van der Waals surface area contributed by atoms with Crippen molar-refractivity contribution in [2.45, 2.75) is 5.16 Å². The molecule has 0 unspecified atom stereocenters. The molecule has 2 aromatic heterocycles. The summed E-state index contributed by atoms with van der Waals surface area (Å²) in [5, 5.41) is 9.01. The molecule has 2 heterocycles. The summed E-state index contributed by atoms with van der Waals surface area (Å²) in [7, 11) is 3.16. The highest BCUT2D eigenvalue weighted by atomic mass is 32.2. The van der Waals surface area contributed by atoms with Crippen molar-refractivity contribution in [3.8, 4) is 28.6 Å². The van der Waals surface area contributed by atoms with Crippen LogP contribution >= 0.6 is 11.8 Å². The van der Waals surface area contributed by atoms with E-state index in [1.54, 1.807) is 32.7 Å². The SMILES string of the molecule is COc1cc(OC)cc(-n2c(SCC(N)=O)nnc2-c2cccnc2)c1. The molecule has 134 valence electrons. The highest BCUT2D eigenvalue weighted by Gasteiger charge is 2.18. The molecule has 0 aliphatic heterocycles. The van der Waals surface area contributed by atoms with Crippen LogP contribution in [0.5, 0.6) is 11.5 Å². The molecule has 26 heavy (non-hydrogen) atoms. The molecular weight excluding hydrogens is 354 g/mol. The second-order valence-electron chi connectivity index (χ2n) is 5.21. The first-order chi connectivity index (χ1) is 12.6. The summed E-state index contributed by atoms with van der Waals surface area (Å²) in [6.07, 6.45) is 3.38. The molecule has 3 aromatic rings. The first-order valence-electron chi connectivity index (χ1n) is 7.62. The quantitative estimate of drug-likeness (QED) is 0.633. The van der Waals surface area contributed by atoms with Crippen LogP contribution in [0.2, 0.25) is 0 Å². The van der Waals surface area contributed by atoms with Gasteiger partial charge in [0.25, 0.3) is 0 Å². The Morgan fingerprint density at radius 3 is 2.50 bits per heavy atom. The van der Waals surface area contributed by atoms with Crippen LogP contribution in [0, 0.1) is 0 Å². The summed E-state index contributed by atoms with van der Waals surface area (Å²) < 4.78 is 12.5. The third-order valence-electron chi connectivity index (χ3n) is 3.49. The topological polar surface area (TPSA) is 105 Å². The van der Waals surface area contributed by atoms with Crippen molar-refractivity contribution in [2.24, 2.45) is 5.73 Å². The molecular formula is C17H17N5O3S. The number of carbonyl (C=O) groups is 1. The fourth-order valence-corrected chi connectivity index (χ4v) is 3.03. The van der Waals surface area contributed by atoms with E-state index in [1.165, 1.54) is 11.8 Å². The Morgan fingerprint density at radius 1 is 1.19 bits per heavy atom. The number of hydrogen-bond donors (Lipinski definition) is 1. The molecule has 0 saturated heterocycles. The van der Waals surface area contributed by atoms with Gasteiger partial charge in [-0.3, -0.25) is 14.3 Å². The fourth-order valence-electron chi connectivity index (χ4n) is 2.34. The van der Waals surface area contributed by atoms with Gasteiger partial charge in [0.1, 0.15) is 11.5 Å². The highest BCUT2D eigenvalue weighted by Crippen LogP contribution is 2.31. The second-order valence-corrected chi connectivity index (χ2v) is 6.15. The van der Waals surface area contributed by atoms with Crippen molar-refractivity contribution in [3.63, 3.8) is 0 Å². The number of ether oxygens (including phenoxy) is 2. The maximum Gasteiger partial charge on any atom is 0.227 e. The standard InChI is InChI=1S/C17H17N5O3S/c1-24-13-6-12(7-14(8-13)25-2)22-16(11-4-3-5-19-9-11)20-21-17(22)26-10-15(18)23/h3-9H,10H2,1-2H3,(H2,18,23). The van der Waals surface area contributed by atoms with Gasteiger partial charge in [-0.1, -0.05) is 11.8 Å². The van der Waals surface area contributed by atoms with E-state index in [2.05, 4.69) is 15.2 Å². The van der Waals surface area contributed by atoms with Crippen molar-refractivity contribution >= 4 is 17.7 Å². The van der Waals surface area contributed by atoms with Crippen LogP contribution in [-0.4, -0.2) is 45.6 Å². The van der Waals surface area contributed by atoms with Crippen molar-refractivity contribution in [3.05, 3.63) is 42.7 Å². The van der Waals surface area contributed by atoms with Crippen LogP contribution in [0.1, 0.15) is 0 Å². The lowest BCUT2D eigenvalue weighted by atomic mass is 10.2. The van der Waals surface area contributed by atoms with Crippen LogP contribution in [0.3, 0.4) is 0 Å². The van der Waals surface area contributed by atoms with Crippen LogP contribution in [0.4, 0.5) is 0 Å². The number of amides is 1. The van der Waals surface area contributed by atoms with Gasteiger partial charge in [-0.25, -0.2) is 0 Å². The Balaban J connectivity index is 2.16. The van der Waals surface area contributed by atoms with E-state index in [-0.39, 0.29) is 5.75 Å². The van der Waals surface area contributed by atoms with Gasteiger partial charge < -0.3 is 15.2 Å². The van der Waals surface area contributed by atoms with Crippen LogP contribution < -0.4 is 15.2 Å². The highest BCUT2D eigenvalue weighted by molar-refractivity contribution is 7.99. The number of nitrogens with two attached hydrogens (primary N) is 1. The summed E-state index contributed by atoms with van der Waals surface area (Å²) in [5.41, 5.74) is 6.79. The van der Waals surface area contributed by atoms with E-state index in [0.717, 1.165) is 11.3 Å². The number of nitrogens with zero attached hydrogens (tertiary/aromatic N) is 4. The number of aromatic nitrogens is 4. The molecule has 0 spiro atoms. The molecule has 3 rings (SSSR count). The van der Waals surface area contributed by atoms with Gasteiger partial charge in [-0.05, 0) is 12.1 Å². The average molecular weight is 371 g/mol. The Bertz CT molecular complexity index is 892. The molecule has 0 atom stereocenters. The van der Waals surface area contributed by atoms with Gasteiger partial charge >= 0.3 is 0 Å². The lowest BCUT2D eigenvalue weighted by Crippen LogP contribution is -2.13. The molecule has 1 aromatic carbocycles. The molecule has 2 N–H and O–H groups in total. The minimum Gasteiger partial charge on any atom is -0.497 e. The second kappa shape index (κ2) is 7.87. The minimum atomic E-state index is -0.435. The molecule has 1 amide bonds. The maximum atomic E-state index is 11.2. The Labute approximate surface area is 154 Å². The molecule has 0 aliphatic rings. The van der Waals surface area contributed by atoms with Gasteiger partial charge in [0.2, 0.25) is 5.91 Å². The number of thioether (sulfide) groups is 1. The first-order valence-corrected chi connectivity index (χ1v) is 8.61. The van der Waals surface area contributed by atoms with E-state index in [4.69, 9.17) is 15.2 Å². The molecule has 9 heteroatoms. The molecule has 0 saturated carbocycles. The van der Waals surface area contributed by atoms with Gasteiger partial charge in [0, 0.05) is 36.2 Å². The normalized spacial score (nSPS) is 10.5. The predicted octanol–water partition coefficient (Wildman–Crippen LogP) is 1.92. The molecule has 0 fully saturated rings. The van der Waals surface area contributed by atoms with Gasteiger partial charge in [0.15, 0.2) is 11.0 Å². The monoisotopic (exact) mass is 371 g/mol. The number of hydrogen-bond acceptors (Lipinski definition) is 7. The smallest absolute Gasteiger partial charge is 0.227 e. The van der Waals surface area contributed by atoms with Crippen LogP contribution in [-0.2, 0) is 4.79 Å². The first kappa shape index (κ1) is 17.7. The number of rotatable bonds is 7. The van der Waals surface area contributed by atoms with Crippen molar-refractivity contribution in [2.75, 3.05) is 20.0 Å². The number of primary amides is 1. The summed E-state index contributed by atoms with van der Waals surface area (Å²) in [6, 6.07) is 9.14. The van der Waals surface area contributed by atoms with Crippen molar-refractivity contribution < 1.29 is 14.3 Å². The maximum absolute atomic E-state index is 11.2. The van der Waals surface area contributed by atoms with E-state index >= 15 is 0 Å². The number of carbonyl (C=O) groups excluding carboxylic acids is 1. The molecule has 0 aliphatic carbocycles. The number of pyridine rings is 1. The lowest BCUT2D eigenvalue weighted by molar-refractivity contribution is -0.115. The fraction of sp³-hybridized carbons (Fsp3) is 0.176. The van der Waals surface area contributed by atoms with Crippen LogP contribution in [0.15, 0.2) is 47.9 Å². The van der Waals surface area contributed by atoms with Crippen LogP contribution in [0.25, 0.3) is 17.1 Å². The summed E-state index contributed by atoms with van der Waals surface area (Å²) >= 11 is 1.21. The van der Waals surface area contributed by atoms with Crippen molar-refractivity contribution in [1.29, 1.82) is 0 Å². The summed E-state index contributed by atoms with van der Waals surface area (Å²) in [6.45, 7) is 0. The lowest BCUT2D eigenvalue weighted by Gasteiger charge is -2.13. The number of benzene rings is 1. The molecule has 0 radical (unpaired) electrons. The Kier molecular flexibility index (Phi) is 5.37. The number of methoxy groups -OCH3 is 2. The zero-order valence-corrected chi connectivity index (χ0v) is 15.1. The largest absolute Gasteiger partial charge is 0.497 e. The Morgan fingerprint density at radius 2 is 1.92 bits per heavy atom. The minimum absolute atomic E-state index is 0.0896. The molecule has 8 nitrogen and oxygen atoms in total.